The number of nitrogens with one attached hydrogen (secondary N) is 1. The first-order valence-corrected chi connectivity index (χ1v) is 7.68. The Kier molecular flexibility index (Phi) is 4.87. The van der Waals surface area contributed by atoms with Crippen molar-refractivity contribution in [3.8, 4) is 0 Å². The first-order chi connectivity index (χ1) is 8.23. The SMILES string of the molecule is CCC1CCCCCN1CC1(C)CCCNC1. The predicted octanol–water partition coefficient (Wildman–Crippen LogP) is 3.03. The molecule has 2 aliphatic rings. The Labute approximate surface area is 107 Å². The van der Waals surface area contributed by atoms with Crippen molar-refractivity contribution in [2.45, 2.75) is 64.8 Å². The lowest BCUT2D eigenvalue weighted by Crippen LogP contribution is -2.48. The summed E-state index contributed by atoms with van der Waals surface area (Å²) in [6.45, 7) is 9.96. The van der Waals surface area contributed by atoms with Gasteiger partial charge in [-0.05, 0) is 50.6 Å². The van der Waals surface area contributed by atoms with E-state index >= 15 is 0 Å². The molecule has 0 aliphatic carbocycles. The Hall–Kier alpha value is -0.0800. The highest BCUT2D eigenvalue weighted by atomic mass is 15.2. The van der Waals surface area contributed by atoms with Gasteiger partial charge in [-0.2, -0.15) is 0 Å². The average Bonchev–Trinajstić information content (AvgIpc) is 2.54. The summed E-state index contributed by atoms with van der Waals surface area (Å²) in [6, 6.07) is 0.858. The monoisotopic (exact) mass is 238 g/mol. The normalized spacial score (nSPS) is 36.7. The van der Waals surface area contributed by atoms with Crippen LogP contribution in [0, 0.1) is 5.41 Å². The Balaban J connectivity index is 1.93. The van der Waals surface area contributed by atoms with Crippen LogP contribution in [-0.2, 0) is 0 Å². The van der Waals surface area contributed by atoms with Gasteiger partial charge in [-0.25, -0.2) is 0 Å². The van der Waals surface area contributed by atoms with Gasteiger partial charge < -0.3 is 5.32 Å². The van der Waals surface area contributed by atoms with Crippen LogP contribution in [0.5, 0.6) is 0 Å². The highest BCUT2D eigenvalue weighted by Gasteiger charge is 2.31. The molecule has 1 N–H and O–H groups in total. The molecular formula is C15H30N2. The van der Waals surface area contributed by atoms with E-state index in [0.717, 1.165) is 6.04 Å². The van der Waals surface area contributed by atoms with Crippen molar-refractivity contribution in [3.63, 3.8) is 0 Å². The maximum absolute atomic E-state index is 3.59. The molecule has 0 aromatic carbocycles. The molecule has 2 aliphatic heterocycles. The van der Waals surface area contributed by atoms with Gasteiger partial charge in [0.1, 0.15) is 0 Å². The van der Waals surface area contributed by atoms with E-state index in [4.69, 9.17) is 0 Å². The molecule has 2 fully saturated rings. The van der Waals surface area contributed by atoms with Gasteiger partial charge in [-0.15, -0.1) is 0 Å². The van der Waals surface area contributed by atoms with Crippen LogP contribution in [0.15, 0.2) is 0 Å². The second kappa shape index (κ2) is 6.19. The maximum atomic E-state index is 3.59. The molecule has 2 heteroatoms. The summed E-state index contributed by atoms with van der Waals surface area (Å²) in [6.07, 6.45) is 9.85. The summed E-state index contributed by atoms with van der Waals surface area (Å²) in [4.78, 5) is 2.81. The highest BCUT2D eigenvalue weighted by molar-refractivity contribution is 4.87. The van der Waals surface area contributed by atoms with Crippen LogP contribution in [-0.4, -0.2) is 37.1 Å². The molecule has 2 atom stereocenters. The first-order valence-electron chi connectivity index (χ1n) is 7.68. The van der Waals surface area contributed by atoms with E-state index in [0.29, 0.717) is 5.41 Å². The zero-order chi connectivity index (χ0) is 12.1. The molecule has 0 aromatic rings. The molecule has 2 nitrogen and oxygen atoms in total. The zero-order valence-corrected chi connectivity index (χ0v) is 11.8. The fourth-order valence-corrected chi connectivity index (χ4v) is 3.65. The minimum absolute atomic E-state index is 0.524. The number of hydrogen-bond donors (Lipinski definition) is 1. The van der Waals surface area contributed by atoms with Gasteiger partial charge in [-0.3, -0.25) is 4.90 Å². The molecule has 0 radical (unpaired) electrons. The summed E-state index contributed by atoms with van der Waals surface area (Å²) < 4.78 is 0. The highest BCUT2D eigenvalue weighted by Crippen LogP contribution is 2.29. The van der Waals surface area contributed by atoms with Gasteiger partial charge in [0.2, 0.25) is 0 Å². The van der Waals surface area contributed by atoms with Crippen LogP contribution < -0.4 is 5.32 Å². The first kappa shape index (κ1) is 13.4. The molecule has 17 heavy (non-hydrogen) atoms. The van der Waals surface area contributed by atoms with Crippen molar-refractivity contribution in [1.29, 1.82) is 0 Å². The predicted molar refractivity (Wildman–Crippen MR) is 74.3 cm³/mol. The van der Waals surface area contributed by atoms with Crippen molar-refractivity contribution < 1.29 is 0 Å². The smallest absolute Gasteiger partial charge is 0.00928 e. The molecule has 2 saturated heterocycles. The minimum Gasteiger partial charge on any atom is -0.316 e. The Morgan fingerprint density at radius 2 is 2.12 bits per heavy atom. The van der Waals surface area contributed by atoms with E-state index in [1.807, 2.05) is 0 Å². The largest absolute Gasteiger partial charge is 0.316 e. The number of hydrogen-bond acceptors (Lipinski definition) is 2. The van der Waals surface area contributed by atoms with Crippen LogP contribution in [0.4, 0.5) is 0 Å². The van der Waals surface area contributed by atoms with Crippen LogP contribution in [0.25, 0.3) is 0 Å². The zero-order valence-electron chi connectivity index (χ0n) is 11.8. The van der Waals surface area contributed by atoms with Crippen molar-refractivity contribution in [2.75, 3.05) is 26.2 Å². The van der Waals surface area contributed by atoms with Crippen molar-refractivity contribution in [3.05, 3.63) is 0 Å². The van der Waals surface area contributed by atoms with Gasteiger partial charge in [-0.1, -0.05) is 26.7 Å². The molecule has 2 rings (SSSR count). The average molecular weight is 238 g/mol. The molecule has 0 saturated carbocycles. The van der Waals surface area contributed by atoms with E-state index in [1.165, 1.54) is 71.1 Å². The van der Waals surface area contributed by atoms with Crippen LogP contribution >= 0.6 is 0 Å². The summed E-state index contributed by atoms with van der Waals surface area (Å²) in [5, 5.41) is 3.59. The topological polar surface area (TPSA) is 15.3 Å². The minimum atomic E-state index is 0.524. The summed E-state index contributed by atoms with van der Waals surface area (Å²) >= 11 is 0. The van der Waals surface area contributed by atoms with Crippen molar-refractivity contribution >= 4 is 0 Å². The number of likely N-dealkylation sites (tertiary alicyclic amines) is 1. The van der Waals surface area contributed by atoms with Gasteiger partial charge in [0.15, 0.2) is 0 Å². The number of rotatable bonds is 3. The van der Waals surface area contributed by atoms with Gasteiger partial charge in [0.25, 0.3) is 0 Å². The molecule has 100 valence electrons. The second-order valence-electron chi connectivity index (χ2n) is 6.47. The molecule has 0 amide bonds. The van der Waals surface area contributed by atoms with Gasteiger partial charge in [0, 0.05) is 19.1 Å². The van der Waals surface area contributed by atoms with Crippen molar-refractivity contribution in [1.82, 2.24) is 10.2 Å². The number of piperidine rings is 1. The van der Waals surface area contributed by atoms with E-state index in [-0.39, 0.29) is 0 Å². The summed E-state index contributed by atoms with van der Waals surface area (Å²) in [5.41, 5.74) is 0.524. The quantitative estimate of drug-likeness (QED) is 0.813. The molecule has 2 unspecified atom stereocenters. The van der Waals surface area contributed by atoms with Gasteiger partial charge >= 0.3 is 0 Å². The Bertz CT molecular complexity index is 221. The fraction of sp³-hybridized carbons (Fsp3) is 1.00. The van der Waals surface area contributed by atoms with E-state index in [9.17, 15) is 0 Å². The molecule has 0 aromatic heterocycles. The molecule has 2 heterocycles. The van der Waals surface area contributed by atoms with Crippen LogP contribution in [0.2, 0.25) is 0 Å². The maximum Gasteiger partial charge on any atom is 0.00928 e. The lowest BCUT2D eigenvalue weighted by molar-refractivity contribution is 0.0975. The third kappa shape index (κ3) is 3.69. The standard InChI is InChI=1S/C15H30N2/c1-3-14-8-5-4-6-11-17(14)13-15(2)9-7-10-16-12-15/h14,16H,3-13H2,1-2H3. The lowest BCUT2D eigenvalue weighted by atomic mass is 9.82. The van der Waals surface area contributed by atoms with Crippen molar-refractivity contribution in [2.24, 2.45) is 5.41 Å². The Morgan fingerprint density at radius 3 is 2.82 bits per heavy atom. The summed E-state index contributed by atoms with van der Waals surface area (Å²) in [5.74, 6) is 0. The fourth-order valence-electron chi connectivity index (χ4n) is 3.65. The Morgan fingerprint density at radius 1 is 1.24 bits per heavy atom. The lowest BCUT2D eigenvalue weighted by Gasteiger charge is -2.41. The molecule has 0 bridgehead atoms. The van der Waals surface area contributed by atoms with Crippen LogP contribution in [0.1, 0.15) is 58.8 Å². The van der Waals surface area contributed by atoms with Crippen LogP contribution in [0.3, 0.4) is 0 Å². The van der Waals surface area contributed by atoms with Gasteiger partial charge in [0.05, 0.1) is 0 Å². The van der Waals surface area contributed by atoms with E-state index in [1.54, 1.807) is 0 Å². The number of nitrogens with zero attached hydrogens (tertiary/aromatic N) is 1. The second-order valence-corrected chi connectivity index (χ2v) is 6.47. The van der Waals surface area contributed by atoms with E-state index < -0.39 is 0 Å². The third-order valence-corrected chi connectivity index (χ3v) is 4.74. The molecule has 0 spiro atoms. The molecular weight excluding hydrogens is 208 g/mol. The third-order valence-electron chi connectivity index (χ3n) is 4.74. The summed E-state index contributed by atoms with van der Waals surface area (Å²) in [7, 11) is 0. The van der Waals surface area contributed by atoms with E-state index in [2.05, 4.69) is 24.1 Å².